The van der Waals surface area contributed by atoms with Crippen LogP contribution in [0.2, 0.25) is 0 Å². The zero-order valence-corrected chi connectivity index (χ0v) is 7.47. The molecular weight excluding hydrogens is 190 g/mol. The molecule has 0 radical (unpaired) electrons. The quantitative estimate of drug-likeness (QED) is 0.352. The fourth-order valence-electron chi connectivity index (χ4n) is 0.911. The minimum Gasteiger partial charge on any atom is -0.502 e. The molecule has 0 aromatic carbocycles. The summed E-state index contributed by atoms with van der Waals surface area (Å²) in [6.45, 7) is 1.97. The van der Waals surface area contributed by atoms with Gasteiger partial charge in [0.15, 0.2) is 5.82 Å². The first-order valence-corrected chi connectivity index (χ1v) is 3.80. The van der Waals surface area contributed by atoms with E-state index in [1.165, 1.54) is 0 Å². The molecule has 1 aromatic heterocycles. The van der Waals surface area contributed by atoms with E-state index in [4.69, 9.17) is 16.4 Å². The highest BCUT2D eigenvalue weighted by Crippen LogP contribution is 2.08. The molecule has 0 aliphatic rings. The molecule has 1 heterocycles. The van der Waals surface area contributed by atoms with Gasteiger partial charge < -0.3 is 21.3 Å². The summed E-state index contributed by atoms with van der Waals surface area (Å²) in [6.07, 6.45) is 0. The van der Waals surface area contributed by atoms with Gasteiger partial charge in [0.05, 0.1) is 0 Å². The van der Waals surface area contributed by atoms with Gasteiger partial charge in [-0.15, -0.1) is 9.46 Å². The molecule has 0 amide bonds. The molecule has 1 aromatic rings. The van der Waals surface area contributed by atoms with Gasteiger partial charge >= 0.3 is 0 Å². The van der Waals surface area contributed by atoms with Crippen molar-refractivity contribution in [1.82, 2.24) is 9.46 Å². The Morgan fingerprint density at radius 2 is 2.00 bits per heavy atom. The Bertz CT molecular complexity index is 472. The number of aromatic nitrogens is 2. The molecule has 8 heteroatoms. The van der Waals surface area contributed by atoms with E-state index >= 15 is 0 Å². The summed E-state index contributed by atoms with van der Waals surface area (Å²) in [7, 11) is 0. The SMILES string of the molecule is CCN=c1c(O)c(N)n(O)c(=N)n1O. The number of hydrogen-bond acceptors (Lipinski definition) is 6. The number of nitrogens with two attached hydrogens (primary N) is 1. The van der Waals surface area contributed by atoms with E-state index in [9.17, 15) is 10.3 Å². The normalized spacial score (nSPS) is 11.9. The van der Waals surface area contributed by atoms with Crippen molar-refractivity contribution in [3.8, 4) is 5.75 Å². The van der Waals surface area contributed by atoms with Crippen LogP contribution in [0.3, 0.4) is 0 Å². The largest absolute Gasteiger partial charge is 0.502 e. The molecule has 78 valence electrons. The molecular formula is C6H11N5O3. The number of nitrogens with zero attached hydrogens (tertiary/aromatic N) is 3. The second-order valence-corrected chi connectivity index (χ2v) is 2.48. The summed E-state index contributed by atoms with van der Waals surface area (Å²) in [5.74, 6) is -1.03. The van der Waals surface area contributed by atoms with Crippen molar-refractivity contribution in [2.45, 2.75) is 6.92 Å². The molecule has 0 unspecified atom stereocenters. The van der Waals surface area contributed by atoms with Crippen LogP contribution in [0.15, 0.2) is 4.99 Å². The number of hydrogen-bond donors (Lipinski definition) is 5. The molecule has 0 aliphatic carbocycles. The van der Waals surface area contributed by atoms with Crippen LogP contribution < -0.4 is 16.8 Å². The smallest absolute Gasteiger partial charge is 0.273 e. The van der Waals surface area contributed by atoms with Gasteiger partial charge in [0.1, 0.15) is 0 Å². The molecule has 0 bridgehead atoms. The Morgan fingerprint density at radius 1 is 1.43 bits per heavy atom. The third-order valence-corrected chi connectivity index (χ3v) is 1.59. The average Bonchev–Trinajstić information content (AvgIpc) is 2.19. The molecule has 0 fully saturated rings. The first-order valence-electron chi connectivity index (χ1n) is 3.80. The Hall–Kier alpha value is -2.12. The van der Waals surface area contributed by atoms with Gasteiger partial charge in [-0.2, -0.15) is 0 Å². The van der Waals surface area contributed by atoms with Crippen molar-refractivity contribution in [3.05, 3.63) is 11.1 Å². The lowest BCUT2D eigenvalue weighted by atomic mass is 10.5. The minimum absolute atomic E-state index is 0.143. The van der Waals surface area contributed by atoms with E-state index in [1.807, 2.05) is 0 Å². The molecule has 0 saturated carbocycles. The number of aromatic hydroxyl groups is 1. The predicted octanol–water partition coefficient (Wildman–Crippen LogP) is -1.55. The Labute approximate surface area is 78.2 Å². The van der Waals surface area contributed by atoms with E-state index in [0.29, 0.717) is 6.54 Å². The first kappa shape index (κ1) is 9.96. The van der Waals surface area contributed by atoms with Crippen molar-refractivity contribution in [2.75, 3.05) is 12.3 Å². The van der Waals surface area contributed by atoms with Crippen molar-refractivity contribution in [2.24, 2.45) is 4.99 Å². The average molecular weight is 201 g/mol. The van der Waals surface area contributed by atoms with Crippen LogP contribution >= 0.6 is 0 Å². The fourth-order valence-corrected chi connectivity index (χ4v) is 0.911. The van der Waals surface area contributed by atoms with Crippen LogP contribution in [0.25, 0.3) is 0 Å². The van der Waals surface area contributed by atoms with Crippen LogP contribution in [0.5, 0.6) is 5.75 Å². The summed E-state index contributed by atoms with van der Waals surface area (Å²) >= 11 is 0. The second-order valence-electron chi connectivity index (χ2n) is 2.48. The van der Waals surface area contributed by atoms with Crippen LogP contribution in [0.1, 0.15) is 6.92 Å². The third kappa shape index (κ3) is 1.26. The molecule has 6 N–H and O–H groups in total. The zero-order valence-electron chi connectivity index (χ0n) is 7.47. The van der Waals surface area contributed by atoms with Gasteiger partial charge in [0.25, 0.3) is 5.62 Å². The third-order valence-electron chi connectivity index (χ3n) is 1.59. The Balaban J connectivity index is 3.79. The van der Waals surface area contributed by atoms with Crippen LogP contribution in [-0.2, 0) is 0 Å². The molecule has 0 atom stereocenters. The van der Waals surface area contributed by atoms with Gasteiger partial charge in [-0.05, 0) is 6.92 Å². The highest BCUT2D eigenvalue weighted by atomic mass is 16.5. The highest BCUT2D eigenvalue weighted by molar-refractivity contribution is 5.42. The van der Waals surface area contributed by atoms with Crippen molar-refractivity contribution < 1.29 is 15.5 Å². The maximum Gasteiger partial charge on any atom is 0.273 e. The Morgan fingerprint density at radius 3 is 2.50 bits per heavy atom. The second kappa shape index (κ2) is 3.32. The molecule has 0 saturated heterocycles. The number of anilines is 1. The molecule has 14 heavy (non-hydrogen) atoms. The van der Waals surface area contributed by atoms with Crippen molar-refractivity contribution in [3.63, 3.8) is 0 Å². The predicted molar refractivity (Wildman–Crippen MR) is 44.8 cm³/mol. The van der Waals surface area contributed by atoms with Crippen LogP contribution in [0, 0.1) is 5.41 Å². The number of nitrogens with one attached hydrogen (secondary N) is 1. The summed E-state index contributed by atoms with van der Waals surface area (Å²) in [5, 5.41) is 34.9. The van der Waals surface area contributed by atoms with E-state index in [-0.39, 0.29) is 14.9 Å². The van der Waals surface area contributed by atoms with Gasteiger partial charge in [-0.25, -0.2) is 0 Å². The lowest BCUT2D eigenvalue weighted by molar-refractivity contribution is 0.0920. The topological polar surface area (TPSA) is 133 Å². The maximum absolute atomic E-state index is 9.35. The van der Waals surface area contributed by atoms with E-state index in [2.05, 4.69) is 4.99 Å². The van der Waals surface area contributed by atoms with E-state index < -0.39 is 17.2 Å². The van der Waals surface area contributed by atoms with Crippen molar-refractivity contribution in [1.29, 1.82) is 5.41 Å². The fraction of sp³-hybridized carbons (Fsp3) is 0.333. The Kier molecular flexibility index (Phi) is 2.36. The maximum atomic E-state index is 9.35. The summed E-state index contributed by atoms with van der Waals surface area (Å²) in [4.78, 5) is 3.71. The lowest BCUT2D eigenvalue weighted by Crippen LogP contribution is -2.39. The van der Waals surface area contributed by atoms with Gasteiger partial charge in [-0.1, -0.05) is 0 Å². The first-order chi connectivity index (χ1) is 6.50. The van der Waals surface area contributed by atoms with Crippen LogP contribution in [0.4, 0.5) is 5.82 Å². The summed E-state index contributed by atoms with van der Waals surface area (Å²) < 4.78 is 0.374. The summed E-state index contributed by atoms with van der Waals surface area (Å²) in [6, 6.07) is 0. The standard InChI is InChI=1S/C6H11N5O3/c1-2-9-5-3(12)4(7)10(13)6(8)11(5)14/h8,12-14H,2,7H2,1H3. The summed E-state index contributed by atoms with van der Waals surface area (Å²) in [5.41, 5.74) is 4.28. The minimum atomic E-state index is -0.701. The molecule has 8 nitrogen and oxygen atoms in total. The lowest BCUT2D eigenvalue weighted by Gasteiger charge is -2.07. The molecule has 0 aliphatic heterocycles. The van der Waals surface area contributed by atoms with E-state index in [0.717, 1.165) is 0 Å². The van der Waals surface area contributed by atoms with Gasteiger partial charge in [0.2, 0.25) is 11.2 Å². The zero-order chi connectivity index (χ0) is 10.9. The number of nitrogen functional groups attached to an aromatic ring is 1. The van der Waals surface area contributed by atoms with Gasteiger partial charge in [0, 0.05) is 6.54 Å². The van der Waals surface area contributed by atoms with Crippen molar-refractivity contribution >= 4 is 5.82 Å². The van der Waals surface area contributed by atoms with Crippen LogP contribution in [-0.4, -0.2) is 31.5 Å². The number of rotatable bonds is 1. The monoisotopic (exact) mass is 201 g/mol. The van der Waals surface area contributed by atoms with E-state index in [1.54, 1.807) is 6.92 Å². The highest BCUT2D eigenvalue weighted by Gasteiger charge is 2.11. The van der Waals surface area contributed by atoms with Gasteiger partial charge in [-0.3, -0.25) is 10.4 Å². The molecule has 1 rings (SSSR count). The molecule has 0 spiro atoms.